The molecular formula is C5H10KNO. The molecule has 0 aromatic carbocycles. The normalized spacial score (nSPS) is 7.38. The molecule has 42 valence electrons. The van der Waals surface area contributed by atoms with Gasteiger partial charge in [0.05, 0.1) is 0 Å². The summed E-state index contributed by atoms with van der Waals surface area (Å²) in [4.78, 5) is 11.9. The summed E-state index contributed by atoms with van der Waals surface area (Å²) in [5.41, 5.74) is 0. The standard InChI is InChI=1S/C5H10NO.K/c1-4-5(7)6(2)3;/h1,4H2,2-3H3;/q-1;+1. The van der Waals surface area contributed by atoms with Crippen molar-refractivity contribution < 1.29 is 56.2 Å². The Kier molecular flexibility index (Phi) is 9.23. The third-order valence-corrected chi connectivity index (χ3v) is 0.713. The van der Waals surface area contributed by atoms with Gasteiger partial charge in [-0.1, -0.05) is 0 Å². The fraction of sp³-hybridized carbons (Fsp3) is 0.600. The predicted molar refractivity (Wildman–Crippen MR) is 28.7 cm³/mol. The predicted octanol–water partition coefficient (Wildman–Crippen LogP) is -2.70. The number of nitrogens with zero attached hydrogens (tertiary/aromatic N) is 1. The maximum atomic E-state index is 10.4. The first-order valence-corrected chi connectivity index (χ1v) is 2.18. The summed E-state index contributed by atoms with van der Waals surface area (Å²) in [6.07, 6.45) is 0.354. The molecule has 0 rings (SSSR count). The number of hydrogen-bond acceptors (Lipinski definition) is 1. The molecule has 3 heteroatoms. The summed E-state index contributed by atoms with van der Waals surface area (Å²) in [6.45, 7) is 3.42. The largest absolute Gasteiger partial charge is 1.00 e. The van der Waals surface area contributed by atoms with Crippen molar-refractivity contribution in [3.8, 4) is 0 Å². The van der Waals surface area contributed by atoms with E-state index in [-0.39, 0.29) is 57.3 Å². The zero-order valence-corrected chi connectivity index (χ0v) is 8.89. The minimum absolute atomic E-state index is 0. The maximum Gasteiger partial charge on any atom is 1.00 e. The van der Waals surface area contributed by atoms with Crippen LogP contribution in [-0.2, 0) is 4.79 Å². The van der Waals surface area contributed by atoms with E-state index in [1.807, 2.05) is 0 Å². The van der Waals surface area contributed by atoms with Gasteiger partial charge in [-0.05, 0) is 0 Å². The van der Waals surface area contributed by atoms with Crippen LogP contribution < -0.4 is 51.4 Å². The number of carbonyl (C=O) groups is 1. The zero-order valence-electron chi connectivity index (χ0n) is 5.77. The van der Waals surface area contributed by atoms with Crippen LogP contribution in [0.15, 0.2) is 0 Å². The summed E-state index contributed by atoms with van der Waals surface area (Å²) in [5, 5.41) is 0. The van der Waals surface area contributed by atoms with E-state index in [9.17, 15) is 4.79 Å². The molecule has 0 saturated carbocycles. The topological polar surface area (TPSA) is 20.3 Å². The van der Waals surface area contributed by atoms with Crippen molar-refractivity contribution in [2.45, 2.75) is 6.42 Å². The molecular weight excluding hydrogens is 129 g/mol. The molecule has 0 spiro atoms. The van der Waals surface area contributed by atoms with Crippen molar-refractivity contribution in [2.75, 3.05) is 14.1 Å². The smallest absolute Gasteiger partial charge is 0.351 e. The number of carbonyl (C=O) groups excluding carboxylic acids is 1. The van der Waals surface area contributed by atoms with E-state index in [0.29, 0.717) is 6.42 Å². The second-order valence-electron chi connectivity index (χ2n) is 1.54. The van der Waals surface area contributed by atoms with Crippen molar-refractivity contribution in [1.29, 1.82) is 0 Å². The summed E-state index contributed by atoms with van der Waals surface area (Å²) in [5.74, 6) is 0.0694. The number of hydrogen-bond donors (Lipinski definition) is 0. The Hall–Kier alpha value is 1.11. The second kappa shape index (κ2) is 6.23. The molecule has 0 N–H and O–H groups in total. The summed E-state index contributed by atoms with van der Waals surface area (Å²) >= 11 is 0. The van der Waals surface area contributed by atoms with Crippen molar-refractivity contribution >= 4 is 5.91 Å². The molecule has 0 unspecified atom stereocenters. The first-order valence-electron chi connectivity index (χ1n) is 2.18. The fourth-order valence-electron chi connectivity index (χ4n) is 0.224. The monoisotopic (exact) mass is 139 g/mol. The van der Waals surface area contributed by atoms with Crippen molar-refractivity contribution in [3.63, 3.8) is 0 Å². The summed E-state index contributed by atoms with van der Waals surface area (Å²) in [7, 11) is 3.43. The van der Waals surface area contributed by atoms with Gasteiger partial charge in [-0.3, -0.25) is 4.79 Å². The minimum atomic E-state index is 0. The van der Waals surface area contributed by atoms with Gasteiger partial charge in [0, 0.05) is 14.1 Å². The Labute approximate surface area is 93.0 Å². The van der Waals surface area contributed by atoms with Crippen molar-refractivity contribution in [2.24, 2.45) is 0 Å². The molecule has 8 heavy (non-hydrogen) atoms. The van der Waals surface area contributed by atoms with E-state index in [0.717, 1.165) is 0 Å². The van der Waals surface area contributed by atoms with Crippen LogP contribution in [0, 0.1) is 6.92 Å². The molecule has 0 radical (unpaired) electrons. The van der Waals surface area contributed by atoms with E-state index in [2.05, 4.69) is 6.92 Å². The van der Waals surface area contributed by atoms with Gasteiger partial charge in [0.1, 0.15) is 0 Å². The van der Waals surface area contributed by atoms with Gasteiger partial charge in [0.15, 0.2) is 5.91 Å². The molecule has 0 aliphatic rings. The van der Waals surface area contributed by atoms with Crippen LogP contribution in [0.25, 0.3) is 0 Å². The van der Waals surface area contributed by atoms with Gasteiger partial charge in [-0.25, -0.2) is 0 Å². The van der Waals surface area contributed by atoms with Crippen LogP contribution in [-0.4, -0.2) is 24.9 Å². The molecule has 1 amide bonds. The molecule has 0 aromatic heterocycles. The van der Waals surface area contributed by atoms with E-state index in [1.165, 1.54) is 4.90 Å². The quantitative estimate of drug-likeness (QED) is 0.286. The number of amides is 1. The molecule has 0 saturated heterocycles. The van der Waals surface area contributed by atoms with Gasteiger partial charge in [-0.2, -0.15) is 0 Å². The van der Waals surface area contributed by atoms with Crippen molar-refractivity contribution in [1.82, 2.24) is 4.90 Å². The van der Waals surface area contributed by atoms with E-state index < -0.39 is 0 Å². The van der Waals surface area contributed by atoms with Crippen LogP contribution in [0.5, 0.6) is 0 Å². The average molecular weight is 139 g/mol. The van der Waals surface area contributed by atoms with E-state index in [4.69, 9.17) is 0 Å². The fourth-order valence-corrected chi connectivity index (χ4v) is 0.224. The molecule has 0 fully saturated rings. The third-order valence-electron chi connectivity index (χ3n) is 0.713. The maximum absolute atomic E-state index is 10.4. The van der Waals surface area contributed by atoms with Gasteiger partial charge < -0.3 is 11.8 Å². The molecule has 0 aliphatic carbocycles. The average Bonchev–Trinajstić information content (AvgIpc) is 1.65. The number of rotatable bonds is 1. The second-order valence-corrected chi connectivity index (χ2v) is 1.54. The van der Waals surface area contributed by atoms with E-state index >= 15 is 0 Å². The van der Waals surface area contributed by atoms with Gasteiger partial charge in [-0.15, -0.1) is 6.42 Å². The van der Waals surface area contributed by atoms with Crippen molar-refractivity contribution in [3.05, 3.63) is 6.92 Å². The Morgan fingerprint density at radius 2 is 2.00 bits per heavy atom. The zero-order chi connectivity index (χ0) is 5.86. The van der Waals surface area contributed by atoms with Crippen LogP contribution in [0.3, 0.4) is 0 Å². The third kappa shape index (κ3) is 5.25. The minimum Gasteiger partial charge on any atom is -0.351 e. The van der Waals surface area contributed by atoms with Crippen LogP contribution in [0.2, 0.25) is 0 Å². The SMILES string of the molecule is [CH2-]CC(=O)N(C)C.[K+]. The Bertz CT molecular complexity index is 72.8. The Morgan fingerprint density at radius 1 is 1.62 bits per heavy atom. The Morgan fingerprint density at radius 3 is 2.00 bits per heavy atom. The first-order chi connectivity index (χ1) is 3.18. The van der Waals surface area contributed by atoms with Crippen LogP contribution >= 0.6 is 0 Å². The van der Waals surface area contributed by atoms with E-state index in [1.54, 1.807) is 14.1 Å². The summed E-state index contributed by atoms with van der Waals surface area (Å²) in [6, 6.07) is 0. The molecule has 0 heterocycles. The molecule has 0 atom stereocenters. The molecule has 0 bridgehead atoms. The first kappa shape index (κ1) is 11.8. The van der Waals surface area contributed by atoms with Gasteiger partial charge in [0.25, 0.3) is 0 Å². The molecule has 0 aliphatic heterocycles. The summed E-state index contributed by atoms with van der Waals surface area (Å²) < 4.78 is 0. The Balaban J connectivity index is 0. The van der Waals surface area contributed by atoms with Gasteiger partial charge >= 0.3 is 51.4 Å². The molecule has 2 nitrogen and oxygen atoms in total. The molecule has 0 aromatic rings. The van der Waals surface area contributed by atoms with Gasteiger partial charge in [0.2, 0.25) is 0 Å². The van der Waals surface area contributed by atoms with Crippen LogP contribution in [0.4, 0.5) is 0 Å². The van der Waals surface area contributed by atoms with Crippen LogP contribution in [0.1, 0.15) is 6.42 Å².